The van der Waals surface area contributed by atoms with Gasteiger partial charge in [0.1, 0.15) is 5.75 Å². The molecule has 2 aromatic carbocycles. The average molecular weight is 431 g/mol. The van der Waals surface area contributed by atoms with E-state index < -0.39 is 0 Å². The van der Waals surface area contributed by atoms with Crippen molar-refractivity contribution in [3.63, 3.8) is 0 Å². The minimum absolute atomic E-state index is 0.00241. The van der Waals surface area contributed by atoms with Crippen molar-refractivity contribution in [1.29, 1.82) is 0 Å². The predicted molar refractivity (Wildman–Crippen MR) is 108 cm³/mol. The van der Waals surface area contributed by atoms with E-state index in [1.54, 1.807) is 24.3 Å². The standard InChI is InChI=1S/C21H23BrN2O3/c1-2-27-18-11-7-15(8-12-18)19-4-3-13-24(19)20(25)14-23-21(26)16-5-9-17(22)10-6-16/h5-12,19H,2-4,13-14H2,1H3,(H,23,26). The molecule has 2 aromatic rings. The van der Waals surface area contributed by atoms with Crippen molar-refractivity contribution in [1.82, 2.24) is 10.2 Å². The molecule has 5 nitrogen and oxygen atoms in total. The van der Waals surface area contributed by atoms with E-state index in [1.165, 1.54) is 0 Å². The lowest BCUT2D eigenvalue weighted by Gasteiger charge is -2.25. The van der Waals surface area contributed by atoms with Crippen molar-refractivity contribution in [2.24, 2.45) is 0 Å². The number of rotatable bonds is 6. The van der Waals surface area contributed by atoms with E-state index in [2.05, 4.69) is 21.2 Å². The molecule has 1 atom stereocenters. The lowest BCUT2D eigenvalue weighted by atomic mass is 10.0. The van der Waals surface area contributed by atoms with Gasteiger partial charge in [-0.25, -0.2) is 0 Å². The van der Waals surface area contributed by atoms with E-state index in [9.17, 15) is 9.59 Å². The van der Waals surface area contributed by atoms with Gasteiger partial charge in [0, 0.05) is 16.6 Å². The molecule has 1 aliphatic heterocycles. The van der Waals surface area contributed by atoms with Gasteiger partial charge in [-0.15, -0.1) is 0 Å². The Morgan fingerprint density at radius 3 is 2.52 bits per heavy atom. The van der Waals surface area contributed by atoms with Gasteiger partial charge in [-0.05, 0) is 61.7 Å². The van der Waals surface area contributed by atoms with E-state index in [4.69, 9.17) is 4.74 Å². The number of hydrogen-bond donors (Lipinski definition) is 1. The lowest BCUT2D eigenvalue weighted by molar-refractivity contribution is -0.131. The van der Waals surface area contributed by atoms with Gasteiger partial charge in [0.25, 0.3) is 5.91 Å². The van der Waals surface area contributed by atoms with E-state index in [1.807, 2.05) is 36.1 Å². The number of likely N-dealkylation sites (tertiary alicyclic amines) is 1. The van der Waals surface area contributed by atoms with Gasteiger partial charge in [-0.2, -0.15) is 0 Å². The summed E-state index contributed by atoms with van der Waals surface area (Å²) in [5, 5.41) is 2.73. The number of ether oxygens (including phenoxy) is 1. The Morgan fingerprint density at radius 2 is 1.85 bits per heavy atom. The number of hydrogen-bond acceptors (Lipinski definition) is 3. The van der Waals surface area contributed by atoms with Crippen molar-refractivity contribution in [3.05, 3.63) is 64.1 Å². The van der Waals surface area contributed by atoms with Crippen LogP contribution in [-0.2, 0) is 4.79 Å². The third-order valence-corrected chi connectivity index (χ3v) is 5.18. The van der Waals surface area contributed by atoms with Gasteiger partial charge in [0.05, 0.1) is 19.2 Å². The van der Waals surface area contributed by atoms with Crippen molar-refractivity contribution in [3.8, 4) is 5.75 Å². The molecule has 1 aliphatic rings. The zero-order valence-corrected chi connectivity index (χ0v) is 16.9. The molecule has 6 heteroatoms. The molecule has 0 saturated carbocycles. The predicted octanol–water partition coefficient (Wildman–Crippen LogP) is 3.94. The fraction of sp³-hybridized carbons (Fsp3) is 0.333. The van der Waals surface area contributed by atoms with Crippen LogP contribution in [0, 0.1) is 0 Å². The molecule has 0 spiro atoms. The van der Waals surface area contributed by atoms with Gasteiger partial charge in [0.2, 0.25) is 5.91 Å². The summed E-state index contributed by atoms with van der Waals surface area (Å²) >= 11 is 3.34. The van der Waals surface area contributed by atoms with Crippen molar-refractivity contribution in [2.75, 3.05) is 19.7 Å². The number of nitrogens with zero attached hydrogens (tertiary/aromatic N) is 1. The number of carbonyl (C=O) groups is 2. The molecule has 0 bridgehead atoms. The van der Waals surface area contributed by atoms with E-state index >= 15 is 0 Å². The molecule has 3 rings (SSSR count). The van der Waals surface area contributed by atoms with Gasteiger partial charge in [-0.1, -0.05) is 28.1 Å². The smallest absolute Gasteiger partial charge is 0.251 e. The van der Waals surface area contributed by atoms with Crippen LogP contribution in [0.3, 0.4) is 0 Å². The Labute approximate surface area is 167 Å². The summed E-state index contributed by atoms with van der Waals surface area (Å²) in [7, 11) is 0. The van der Waals surface area contributed by atoms with Crippen molar-refractivity contribution in [2.45, 2.75) is 25.8 Å². The molecule has 1 saturated heterocycles. The lowest BCUT2D eigenvalue weighted by Crippen LogP contribution is -2.39. The SMILES string of the molecule is CCOc1ccc(C2CCCN2C(=O)CNC(=O)c2ccc(Br)cc2)cc1. The van der Waals surface area contributed by atoms with E-state index in [0.717, 1.165) is 28.6 Å². The summed E-state index contributed by atoms with van der Waals surface area (Å²) < 4.78 is 6.39. The maximum absolute atomic E-state index is 12.7. The van der Waals surface area contributed by atoms with Gasteiger partial charge < -0.3 is 15.0 Å². The molecule has 1 fully saturated rings. The fourth-order valence-electron chi connectivity index (χ4n) is 3.33. The first-order valence-corrected chi connectivity index (χ1v) is 9.93. The highest BCUT2D eigenvalue weighted by Gasteiger charge is 2.29. The van der Waals surface area contributed by atoms with Gasteiger partial charge in [-0.3, -0.25) is 9.59 Å². The van der Waals surface area contributed by atoms with Crippen LogP contribution < -0.4 is 10.1 Å². The Bertz CT molecular complexity index is 790. The van der Waals surface area contributed by atoms with Crippen LogP contribution in [-0.4, -0.2) is 36.4 Å². The molecule has 2 amide bonds. The Kier molecular flexibility index (Phi) is 6.50. The van der Waals surface area contributed by atoms with E-state index in [-0.39, 0.29) is 24.4 Å². The monoisotopic (exact) mass is 430 g/mol. The van der Waals surface area contributed by atoms with Crippen LogP contribution >= 0.6 is 15.9 Å². The number of nitrogens with one attached hydrogen (secondary N) is 1. The summed E-state index contributed by atoms with van der Waals surface area (Å²) in [6, 6.07) is 15.0. The molecular formula is C21H23BrN2O3. The first-order valence-electron chi connectivity index (χ1n) is 9.14. The highest BCUT2D eigenvalue weighted by Crippen LogP contribution is 2.32. The highest BCUT2D eigenvalue weighted by molar-refractivity contribution is 9.10. The summed E-state index contributed by atoms with van der Waals surface area (Å²) in [6.07, 6.45) is 1.89. The number of amides is 2. The van der Waals surface area contributed by atoms with E-state index in [0.29, 0.717) is 18.7 Å². The maximum Gasteiger partial charge on any atom is 0.251 e. The molecule has 0 aromatic heterocycles. The second kappa shape index (κ2) is 9.04. The second-order valence-corrected chi connectivity index (χ2v) is 7.35. The van der Waals surface area contributed by atoms with Gasteiger partial charge >= 0.3 is 0 Å². The van der Waals surface area contributed by atoms with Crippen LogP contribution in [0.25, 0.3) is 0 Å². The summed E-state index contributed by atoms with van der Waals surface area (Å²) in [4.78, 5) is 26.7. The van der Waals surface area contributed by atoms with Gasteiger partial charge in [0.15, 0.2) is 0 Å². The largest absolute Gasteiger partial charge is 0.494 e. The number of carbonyl (C=O) groups excluding carboxylic acids is 2. The average Bonchev–Trinajstić information content (AvgIpc) is 3.17. The number of benzene rings is 2. The van der Waals surface area contributed by atoms with Crippen LogP contribution in [0.5, 0.6) is 5.75 Å². The van der Waals surface area contributed by atoms with Crippen molar-refractivity contribution >= 4 is 27.7 Å². The maximum atomic E-state index is 12.7. The molecule has 0 radical (unpaired) electrons. The zero-order valence-electron chi connectivity index (χ0n) is 15.3. The molecule has 1 N–H and O–H groups in total. The minimum atomic E-state index is -0.243. The number of halogens is 1. The first kappa shape index (κ1) is 19.4. The third kappa shape index (κ3) is 4.89. The zero-order chi connectivity index (χ0) is 19.2. The fourth-order valence-corrected chi connectivity index (χ4v) is 3.59. The highest BCUT2D eigenvalue weighted by atomic mass is 79.9. The van der Waals surface area contributed by atoms with Crippen LogP contribution in [0.1, 0.15) is 41.7 Å². The second-order valence-electron chi connectivity index (χ2n) is 6.44. The minimum Gasteiger partial charge on any atom is -0.494 e. The van der Waals surface area contributed by atoms with Crippen molar-refractivity contribution < 1.29 is 14.3 Å². The summed E-state index contributed by atoms with van der Waals surface area (Å²) in [5.74, 6) is 0.531. The first-order chi connectivity index (χ1) is 13.1. The molecular weight excluding hydrogens is 408 g/mol. The normalized spacial score (nSPS) is 16.2. The Morgan fingerprint density at radius 1 is 1.15 bits per heavy atom. The Hall–Kier alpha value is -2.34. The van der Waals surface area contributed by atoms with Crippen LogP contribution in [0.15, 0.2) is 53.0 Å². The summed E-state index contributed by atoms with van der Waals surface area (Å²) in [5.41, 5.74) is 1.64. The third-order valence-electron chi connectivity index (χ3n) is 4.66. The molecule has 0 aliphatic carbocycles. The molecule has 142 valence electrons. The molecule has 1 unspecified atom stereocenters. The molecule has 27 heavy (non-hydrogen) atoms. The topological polar surface area (TPSA) is 58.6 Å². The van der Waals surface area contributed by atoms with Crippen LogP contribution in [0.4, 0.5) is 0 Å². The Balaban J connectivity index is 1.59. The molecule has 1 heterocycles. The quantitative estimate of drug-likeness (QED) is 0.754. The van der Waals surface area contributed by atoms with Crippen LogP contribution in [0.2, 0.25) is 0 Å². The summed E-state index contributed by atoms with van der Waals surface area (Å²) in [6.45, 7) is 3.30.